The van der Waals surface area contributed by atoms with Crippen molar-refractivity contribution in [2.45, 2.75) is 56.7 Å². The highest BCUT2D eigenvalue weighted by Gasteiger charge is 2.31. The van der Waals surface area contributed by atoms with Crippen molar-refractivity contribution in [3.8, 4) is 5.75 Å². The minimum Gasteiger partial charge on any atom is -0.491 e. The summed E-state index contributed by atoms with van der Waals surface area (Å²) < 4.78 is 6.29. The van der Waals surface area contributed by atoms with E-state index >= 15 is 0 Å². The molecular weight excluding hydrogens is 616 g/mol. The van der Waals surface area contributed by atoms with Gasteiger partial charge in [0.2, 0.25) is 17.7 Å². The van der Waals surface area contributed by atoms with Crippen LogP contribution in [0, 0.1) is 0 Å². The average Bonchev–Trinajstić information content (AvgIpc) is 3.13. The smallest absolute Gasteiger partial charge is 0.255 e. The highest BCUT2D eigenvalue weighted by molar-refractivity contribution is 5.99. The Morgan fingerprint density at radius 1 is 0.776 bits per heavy atom. The summed E-state index contributed by atoms with van der Waals surface area (Å²) in [6.07, 6.45) is 2.27. The fraction of sp³-hybridized carbons (Fsp3) is 0.300. The number of amides is 4. The highest BCUT2D eigenvalue weighted by atomic mass is 16.5. The van der Waals surface area contributed by atoms with Gasteiger partial charge in [-0.15, -0.1) is 0 Å². The quantitative estimate of drug-likeness (QED) is 0.229. The van der Waals surface area contributed by atoms with E-state index in [9.17, 15) is 19.2 Å². The molecule has 0 spiro atoms. The van der Waals surface area contributed by atoms with Gasteiger partial charge in [0.25, 0.3) is 5.91 Å². The predicted octanol–water partition coefficient (Wildman–Crippen LogP) is 4.50. The molecule has 3 atom stereocenters. The standard InChI is InChI=1S/C40H44N4O5/c1-44-32(26-30-16-7-3-8-17-30)28-49-36-22-12-11-21-33(36)38(46)43-34(39(47)41-25-13-20-29-14-5-2-6-15-29)23-24-37(45)42-35(40(44)48)27-31-18-9-4-10-19-31/h2-12,14-19,21-22,32,34-35H,13,20,23-28H2,1H3,(H,41,47)(H,42,45)(H,43,46)/t32-,34+,35+/m1/s1. The van der Waals surface area contributed by atoms with Crippen molar-refractivity contribution < 1.29 is 23.9 Å². The van der Waals surface area contributed by atoms with Crippen molar-refractivity contribution in [2.24, 2.45) is 0 Å². The second-order valence-electron chi connectivity index (χ2n) is 12.4. The molecule has 5 rings (SSSR count). The molecule has 0 saturated carbocycles. The number of hydrogen-bond acceptors (Lipinski definition) is 5. The number of rotatable bonds is 9. The monoisotopic (exact) mass is 660 g/mol. The summed E-state index contributed by atoms with van der Waals surface area (Å²) in [5.41, 5.74) is 3.35. The van der Waals surface area contributed by atoms with Crippen LogP contribution in [0.4, 0.5) is 0 Å². The molecule has 4 amide bonds. The first-order valence-corrected chi connectivity index (χ1v) is 16.9. The van der Waals surface area contributed by atoms with E-state index in [1.54, 1.807) is 36.2 Å². The molecule has 1 aliphatic rings. The van der Waals surface area contributed by atoms with Gasteiger partial charge < -0.3 is 25.6 Å². The first-order chi connectivity index (χ1) is 23.9. The van der Waals surface area contributed by atoms with Crippen LogP contribution in [-0.2, 0) is 33.6 Å². The lowest BCUT2D eigenvalue weighted by molar-refractivity contribution is -0.137. The molecule has 0 aromatic heterocycles. The summed E-state index contributed by atoms with van der Waals surface area (Å²) in [5.74, 6) is -1.17. The number of likely N-dealkylation sites (N-methyl/N-ethyl adjacent to an activating group) is 1. The largest absolute Gasteiger partial charge is 0.491 e. The van der Waals surface area contributed by atoms with Gasteiger partial charge >= 0.3 is 0 Å². The highest BCUT2D eigenvalue weighted by Crippen LogP contribution is 2.21. The molecule has 9 heteroatoms. The third-order valence-electron chi connectivity index (χ3n) is 8.75. The topological polar surface area (TPSA) is 117 Å². The molecule has 254 valence electrons. The molecule has 1 aliphatic heterocycles. The molecule has 0 radical (unpaired) electrons. The van der Waals surface area contributed by atoms with Crippen LogP contribution < -0.4 is 20.7 Å². The lowest BCUT2D eigenvalue weighted by Crippen LogP contribution is -2.53. The Hall–Kier alpha value is -5.44. The Labute approximate surface area is 288 Å². The van der Waals surface area contributed by atoms with Gasteiger partial charge in [0.05, 0.1) is 11.6 Å². The fourth-order valence-electron chi connectivity index (χ4n) is 5.95. The zero-order valence-corrected chi connectivity index (χ0v) is 27.8. The second-order valence-corrected chi connectivity index (χ2v) is 12.4. The van der Waals surface area contributed by atoms with Crippen LogP contribution in [0.5, 0.6) is 5.75 Å². The molecule has 4 aromatic rings. The van der Waals surface area contributed by atoms with Crippen molar-refractivity contribution in [1.29, 1.82) is 0 Å². The van der Waals surface area contributed by atoms with E-state index < -0.39 is 24.0 Å². The van der Waals surface area contributed by atoms with E-state index in [-0.39, 0.29) is 42.7 Å². The fourth-order valence-corrected chi connectivity index (χ4v) is 5.95. The molecule has 0 aliphatic carbocycles. The Morgan fingerprint density at radius 3 is 2.04 bits per heavy atom. The van der Waals surface area contributed by atoms with E-state index in [0.717, 1.165) is 17.5 Å². The number of carbonyl (C=O) groups excluding carboxylic acids is 4. The van der Waals surface area contributed by atoms with Crippen LogP contribution in [0.25, 0.3) is 0 Å². The Morgan fingerprint density at radius 2 is 1.37 bits per heavy atom. The number of benzene rings is 4. The van der Waals surface area contributed by atoms with E-state index in [4.69, 9.17) is 4.74 Å². The summed E-state index contributed by atoms with van der Waals surface area (Å²) in [4.78, 5) is 56.4. The van der Waals surface area contributed by atoms with Crippen molar-refractivity contribution in [3.63, 3.8) is 0 Å². The third-order valence-corrected chi connectivity index (χ3v) is 8.75. The van der Waals surface area contributed by atoms with Gasteiger partial charge in [-0.1, -0.05) is 103 Å². The first-order valence-electron chi connectivity index (χ1n) is 16.9. The average molecular weight is 661 g/mol. The molecule has 0 bridgehead atoms. The first kappa shape index (κ1) is 34.9. The Bertz CT molecular complexity index is 1680. The van der Waals surface area contributed by atoms with Crippen LogP contribution in [0.2, 0.25) is 0 Å². The van der Waals surface area contributed by atoms with E-state index in [1.807, 2.05) is 91.0 Å². The Balaban J connectivity index is 1.39. The normalized spacial score (nSPS) is 18.9. The molecule has 4 aromatic carbocycles. The van der Waals surface area contributed by atoms with Gasteiger partial charge in [0.1, 0.15) is 24.4 Å². The number of nitrogens with one attached hydrogen (secondary N) is 3. The summed E-state index contributed by atoms with van der Waals surface area (Å²) in [7, 11) is 1.72. The zero-order chi connectivity index (χ0) is 34.4. The van der Waals surface area contributed by atoms with Gasteiger partial charge in [-0.3, -0.25) is 19.2 Å². The molecule has 1 heterocycles. The van der Waals surface area contributed by atoms with Gasteiger partial charge in [0, 0.05) is 26.4 Å². The van der Waals surface area contributed by atoms with Gasteiger partial charge in [0.15, 0.2) is 0 Å². The number of hydrogen-bond donors (Lipinski definition) is 3. The summed E-state index contributed by atoms with van der Waals surface area (Å²) >= 11 is 0. The van der Waals surface area contributed by atoms with Gasteiger partial charge in [-0.2, -0.15) is 0 Å². The molecule has 3 N–H and O–H groups in total. The predicted molar refractivity (Wildman–Crippen MR) is 189 cm³/mol. The van der Waals surface area contributed by atoms with Crippen LogP contribution in [0.1, 0.15) is 46.3 Å². The van der Waals surface area contributed by atoms with Crippen molar-refractivity contribution >= 4 is 23.6 Å². The molecule has 0 saturated heterocycles. The lowest BCUT2D eigenvalue weighted by atomic mass is 10.0. The summed E-state index contributed by atoms with van der Waals surface area (Å²) in [6, 6.07) is 33.9. The number of carbonyl (C=O) groups is 4. The lowest BCUT2D eigenvalue weighted by Gasteiger charge is -2.32. The van der Waals surface area contributed by atoms with Crippen LogP contribution in [0.3, 0.4) is 0 Å². The number of ether oxygens (including phenoxy) is 1. The van der Waals surface area contributed by atoms with E-state index in [2.05, 4.69) is 16.0 Å². The van der Waals surface area contributed by atoms with E-state index in [1.165, 1.54) is 5.56 Å². The Kier molecular flexibility index (Phi) is 12.6. The minimum atomic E-state index is -0.982. The number of fused-ring (bicyclic) bond motifs is 1. The molecule has 0 unspecified atom stereocenters. The number of para-hydroxylation sites is 1. The van der Waals surface area contributed by atoms with Crippen LogP contribution in [0.15, 0.2) is 115 Å². The number of aryl methyl sites for hydroxylation is 1. The van der Waals surface area contributed by atoms with Crippen molar-refractivity contribution in [1.82, 2.24) is 20.9 Å². The van der Waals surface area contributed by atoms with Gasteiger partial charge in [-0.25, -0.2) is 0 Å². The molecule has 49 heavy (non-hydrogen) atoms. The van der Waals surface area contributed by atoms with Crippen LogP contribution in [-0.4, -0.2) is 66.9 Å². The third kappa shape index (κ3) is 10.3. The second kappa shape index (κ2) is 17.6. The van der Waals surface area contributed by atoms with Gasteiger partial charge in [-0.05, 0) is 54.5 Å². The molecule has 9 nitrogen and oxygen atoms in total. The van der Waals surface area contributed by atoms with Crippen molar-refractivity contribution in [3.05, 3.63) is 138 Å². The maximum absolute atomic E-state index is 14.2. The minimum absolute atomic E-state index is 0.0455. The number of nitrogens with zero attached hydrogens (tertiary/aromatic N) is 1. The van der Waals surface area contributed by atoms with Crippen LogP contribution >= 0.6 is 0 Å². The maximum atomic E-state index is 14.2. The SMILES string of the molecule is CN1C(=O)[C@H](Cc2ccccc2)NC(=O)CC[C@@H](C(=O)NCCCc2ccccc2)NC(=O)c2ccccc2OC[C@H]1Cc1ccccc1. The zero-order valence-electron chi connectivity index (χ0n) is 27.8. The van der Waals surface area contributed by atoms with E-state index in [0.29, 0.717) is 31.6 Å². The summed E-state index contributed by atoms with van der Waals surface area (Å²) in [6.45, 7) is 0.507. The molecular formula is C40H44N4O5. The molecule has 0 fully saturated rings. The maximum Gasteiger partial charge on any atom is 0.255 e. The summed E-state index contributed by atoms with van der Waals surface area (Å²) in [5, 5.41) is 8.73. The van der Waals surface area contributed by atoms with Crippen molar-refractivity contribution in [2.75, 3.05) is 20.2 Å².